The molecule has 6 nitrogen and oxygen atoms in total. The van der Waals surface area contributed by atoms with Crippen LogP contribution in [0.15, 0.2) is 46.9 Å². The second-order valence-corrected chi connectivity index (χ2v) is 7.36. The van der Waals surface area contributed by atoms with Gasteiger partial charge in [-0.25, -0.2) is 4.79 Å². The summed E-state index contributed by atoms with van der Waals surface area (Å²) in [6.45, 7) is 0. The van der Waals surface area contributed by atoms with Crippen LogP contribution >= 0.6 is 27.5 Å². The number of anilines is 2. The molecule has 1 aromatic heterocycles. The first-order chi connectivity index (χ1) is 14.1. The van der Waals surface area contributed by atoms with E-state index in [1.807, 2.05) is 0 Å². The summed E-state index contributed by atoms with van der Waals surface area (Å²) in [7, 11) is 2.79. The zero-order valence-electron chi connectivity index (χ0n) is 15.6. The first kappa shape index (κ1) is 22.0. The maximum atomic E-state index is 13.2. The van der Waals surface area contributed by atoms with E-state index in [4.69, 9.17) is 16.3 Å². The Morgan fingerprint density at radius 2 is 1.73 bits per heavy atom. The van der Waals surface area contributed by atoms with Gasteiger partial charge in [-0.3, -0.25) is 4.68 Å². The highest BCUT2D eigenvalue weighted by atomic mass is 79.9. The molecule has 3 rings (SSSR count). The molecule has 0 fully saturated rings. The zero-order valence-corrected chi connectivity index (χ0v) is 18.0. The van der Waals surface area contributed by atoms with Gasteiger partial charge in [-0.15, -0.1) is 0 Å². The Kier molecular flexibility index (Phi) is 6.27. The maximum absolute atomic E-state index is 13.2. The minimum Gasteiger partial charge on any atom is -0.496 e. The van der Waals surface area contributed by atoms with Gasteiger partial charge in [0.05, 0.1) is 17.3 Å². The Morgan fingerprint density at radius 3 is 2.30 bits per heavy atom. The fraction of sp³-hybridized carbons (Fsp3) is 0.158. The van der Waals surface area contributed by atoms with Crippen molar-refractivity contribution in [2.24, 2.45) is 7.05 Å². The molecule has 3 aromatic rings. The molecule has 30 heavy (non-hydrogen) atoms. The molecule has 0 radical (unpaired) electrons. The van der Waals surface area contributed by atoms with Crippen LogP contribution in [-0.2, 0) is 13.2 Å². The third kappa shape index (κ3) is 4.71. The molecule has 0 aliphatic rings. The Hall–Kier alpha value is -2.72. The minimum atomic E-state index is -4.63. The van der Waals surface area contributed by atoms with Crippen LogP contribution in [0.4, 0.5) is 29.3 Å². The van der Waals surface area contributed by atoms with Crippen molar-refractivity contribution in [3.8, 4) is 17.0 Å². The number of nitrogens with zero attached hydrogens (tertiary/aromatic N) is 2. The summed E-state index contributed by atoms with van der Waals surface area (Å²) < 4.78 is 45.8. The van der Waals surface area contributed by atoms with E-state index in [-0.39, 0.29) is 10.2 Å². The van der Waals surface area contributed by atoms with Gasteiger partial charge in [0.15, 0.2) is 5.69 Å². The van der Waals surface area contributed by atoms with E-state index in [0.29, 0.717) is 27.7 Å². The van der Waals surface area contributed by atoms with E-state index >= 15 is 0 Å². The molecule has 158 valence electrons. The molecule has 0 aliphatic heterocycles. The molecule has 0 aliphatic carbocycles. The lowest BCUT2D eigenvalue weighted by Crippen LogP contribution is -2.19. The third-order valence-electron chi connectivity index (χ3n) is 4.07. The topological polar surface area (TPSA) is 68.2 Å². The van der Waals surface area contributed by atoms with Gasteiger partial charge < -0.3 is 15.4 Å². The lowest BCUT2D eigenvalue weighted by Gasteiger charge is -2.13. The van der Waals surface area contributed by atoms with E-state index in [9.17, 15) is 18.0 Å². The molecule has 0 saturated carbocycles. The second-order valence-electron chi connectivity index (χ2n) is 6.13. The number of rotatable bonds is 4. The van der Waals surface area contributed by atoms with E-state index in [2.05, 4.69) is 31.7 Å². The van der Waals surface area contributed by atoms with Crippen molar-refractivity contribution in [2.75, 3.05) is 17.7 Å². The first-order valence-corrected chi connectivity index (χ1v) is 9.59. The Balaban J connectivity index is 1.92. The average Bonchev–Trinajstić information content (AvgIpc) is 2.98. The van der Waals surface area contributed by atoms with Gasteiger partial charge in [0, 0.05) is 29.0 Å². The smallest absolute Gasteiger partial charge is 0.436 e. The fourth-order valence-corrected chi connectivity index (χ4v) is 3.67. The van der Waals surface area contributed by atoms with Crippen molar-refractivity contribution in [1.29, 1.82) is 0 Å². The molecule has 2 N–H and O–H groups in total. The van der Waals surface area contributed by atoms with E-state index in [1.54, 1.807) is 36.4 Å². The lowest BCUT2D eigenvalue weighted by molar-refractivity contribution is -0.142. The Bertz CT molecular complexity index is 1080. The second kappa shape index (κ2) is 8.57. The number of aryl methyl sites for hydroxylation is 1. The van der Waals surface area contributed by atoms with Gasteiger partial charge in [0.1, 0.15) is 5.75 Å². The summed E-state index contributed by atoms with van der Waals surface area (Å²) in [6, 6.07) is 10.6. The van der Waals surface area contributed by atoms with Crippen LogP contribution < -0.4 is 15.4 Å². The highest BCUT2D eigenvalue weighted by Crippen LogP contribution is 2.42. The quantitative estimate of drug-likeness (QED) is 0.447. The van der Waals surface area contributed by atoms with E-state index in [1.165, 1.54) is 20.2 Å². The summed E-state index contributed by atoms with van der Waals surface area (Å²) >= 11 is 8.81. The van der Waals surface area contributed by atoms with Crippen LogP contribution in [0.2, 0.25) is 5.02 Å². The number of amides is 2. The molecular weight excluding hydrogens is 489 g/mol. The summed E-state index contributed by atoms with van der Waals surface area (Å²) in [5, 5.41) is 9.37. The van der Waals surface area contributed by atoms with Crippen molar-refractivity contribution in [3.63, 3.8) is 0 Å². The Labute approximate surface area is 183 Å². The van der Waals surface area contributed by atoms with Crippen LogP contribution in [0.5, 0.6) is 5.75 Å². The number of alkyl halides is 3. The van der Waals surface area contributed by atoms with Crippen molar-refractivity contribution >= 4 is 44.9 Å². The number of nitrogens with one attached hydrogen (secondary N) is 2. The maximum Gasteiger partial charge on any atom is 0.436 e. The van der Waals surface area contributed by atoms with Crippen LogP contribution in [0.3, 0.4) is 0 Å². The number of methoxy groups -OCH3 is 1. The van der Waals surface area contributed by atoms with Crippen molar-refractivity contribution in [3.05, 3.63) is 57.7 Å². The molecule has 0 unspecified atom stereocenters. The number of aromatic nitrogens is 2. The van der Waals surface area contributed by atoms with Gasteiger partial charge >= 0.3 is 12.2 Å². The molecule has 0 atom stereocenters. The third-order valence-corrected chi connectivity index (χ3v) is 5.08. The predicted molar refractivity (Wildman–Crippen MR) is 112 cm³/mol. The van der Waals surface area contributed by atoms with Crippen molar-refractivity contribution in [2.45, 2.75) is 6.18 Å². The number of urea groups is 1. The average molecular weight is 504 g/mol. The lowest BCUT2D eigenvalue weighted by atomic mass is 10.1. The standard InChI is InChI=1S/C19H15BrClF3N4O2/c1-28-16(15(20)17(27-28)19(22,23)24)13-9-12(7-8-14(13)30-2)26-18(29)25-11-5-3-10(21)4-6-11/h3-9H,1-2H3,(H2,25,26,29). The van der Waals surface area contributed by atoms with Crippen LogP contribution in [-0.4, -0.2) is 22.9 Å². The van der Waals surface area contributed by atoms with Gasteiger partial charge in [-0.2, -0.15) is 18.3 Å². The number of ether oxygens (including phenoxy) is 1. The van der Waals surface area contributed by atoms with Gasteiger partial charge in [0.25, 0.3) is 0 Å². The SMILES string of the molecule is COc1ccc(NC(=O)Nc2ccc(Cl)cc2)cc1-c1c(Br)c(C(F)(F)F)nn1C. The molecule has 11 heteroatoms. The van der Waals surface area contributed by atoms with Crippen molar-refractivity contribution < 1.29 is 22.7 Å². The number of hydrogen-bond acceptors (Lipinski definition) is 3. The van der Waals surface area contributed by atoms with E-state index in [0.717, 1.165) is 4.68 Å². The van der Waals surface area contributed by atoms with Gasteiger partial charge in [0.2, 0.25) is 0 Å². The zero-order chi connectivity index (χ0) is 22.1. The molecule has 0 spiro atoms. The monoisotopic (exact) mass is 502 g/mol. The number of carbonyl (C=O) groups excluding carboxylic acids is 1. The number of carbonyl (C=O) groups is 1. The number of hydrogen-bond donors (Lipinski definition) is 2. The molecular formula is C19H15BrClF3N4O2. The molecule has 2 aromatic carbocycles. The highest BCUT2D eigenvalue weighted by molar-refractivity contribution is 9.10. The number of halogens is 5. The Morgan fingerprint density at radius 1 is 1.13 bits per heavy atom. The van der Waals surface area contributed by atoms with Gasteiger partial charge in [-0.05, 0) is 58.4 Å². The summed E-state index contributed by atoms with van der Waals surface area (Å²) in [4.78, 5) is 12.3. The summed E-state index contributed by atoms with van der Waals surface area (Å²) in [6.07, 6.45) is -4.63. The number of benzene rings is 2. The van der Waals surface area contributed by atoms with Gasteiger partial charge in [-0.1, -0.05) is 11.6 Å². The van der Waals surface area contributed by atoms with Crippen molar-refractivity contribution in [1.82, 2.24) is 9.78 Å². The molecule has 2 amide bonds. The van der Waals surface area contributed by atoms with Crippen LogP contribution in [0.25, 0.3) is 11.3 Å². The first-order valence-electron chi connectivity index (χ1n) is 8.42. The predicted octanol–water partition coefficient (Wildman–Crippen LogP) is 6.17. The largest absolute Gasteiger partial charge is 0.496 e. The summed E-state index contributed by atoms with van der Waals surface area (Å²) in [5.41, 5.74) is 0.287. The minimum absolute atomic E-state index is 0.154. The van der Waals surface area contributed by atoms with Crippen LogP contribution in [0, 0.1) is 0 Å². The van der Waals surface area contributed by atoms with E-state index < -0.39 is 17.9 Å². The highest BCUT2D eigenvalue weighted by Gasteiger charge is 2.38. The normalized spacial score (nSPS) is 11.3. The fourth-order valence-electron chi connectivity index (χ4n) is 2.77. The summed E-state index contributed by atoms with van der Waals surface area (Å²) in [5.74, 6) is 0.316. The molecule has 1 heterocycles. The molecule has 0 bridgehead atoms. The van der Waals surface area contributed by atoms with Crippen LogP contribution in [0.1, 0.15) is 5.69 Å². The molecule has 0 saturated heterocycles.